The van der Waals surface area contributed by atoms with Gasteiger partial charge in [0.2, 0.25) is 0 Å². The minimum Gasteiger partial charge on any atom is -0.462 e. The molecular formula is C42H69NO13S. The molecule has 0 aromatic rings. The lowest BCUT2D eigenvalue weighted by atomic mass is 9.65. The normalized spacial score (nSPS) is 44.6. The van der Waals surface area contributed by atoms with Gasteiger partial charge in [-0.2, -0.15) is 8.42 Å². The summed E-state index contributed by atoms with van der Waals surface area (Å²) in [7, 11) is 5.10. The van der Waals surface area contributed by atoms with E-state index in [1.165, 1.54) is 0 Å². The third-order valence-corrected chi connectivity index (χ3v) is 14.7. The molecule has 0 radical (unpaired) electrons. The van der Waals surface area contributed by atoms with Crippen LogP contribution in [0.1, 0.15) is 91.9 Å². The highest BCUT2D eigenvalue weighted by Gasteiger charge is 2.57. The zero-order valence-corrected chi connectivity index (χ0v) is 36.5. The molecule has 2 saturated carbocycles. The van der Waals surface area contributed by atoms with Crippen LogP contribution < -0.4 is 0 Å². The fourth-order valence-corrected chi connectivity index (χ4v) is 11.9. The minimum absolute atomic E-state index is 0.0173. The first-order valence-corrected chi connectivity index (χ1v) is 23.1. The third kappa shape index (κ3) is 10.00. The molecule has 0 amide bonds. The molecule has 15 heteroatoms. The van der Waals surface area contributed by atoms with E-state index in [4.69, 9.17) is 42.1 Å². The quantitative estimate of drug-likeness (QED) is 0.209. The van der Waals surface area contributed by atoms with E-state index in [1.807, 2.05) is 20.8 Å². The fraction of sp³-hybridized carbons (Fsp3) is 0.905. The van der Waals surface area contributed by atoms with Crippen LogP contribution in [0.3, 0.4) is 0 Å². The first-order valence-electron chi connectivity index (χ1n) is 21.3. The van der Waals surface area contributed by atoms with Gasteiger partial charge in [0, 0.05) is 39.2 Å². The number of Topliss-reactive ketones (excluding diaryl/α,β-unsaturated/α-hetero) is 1. The molecule has 6 aliphatic rings. The molecule has 0 N–H and O–H groups in total. The largest absolute Gasteiger partial charge is 0.462 e. The van der Waals surface area contributed by atoms with Gasteiger partial charge in [0.25, 0.3) is 10.1 Å². The van der Waals surface area contributed by atoms with Crippen molar-refractivity contribution in [1.29, 1.82) is 0 Å². The van der Waals surface area contributed by atoms with Crippen molar-refractivity contribution in [2.45, 2.75) is 165 Å². The predicted molar refractivity (Wildman–Crippen MR) is 209 cm³/mol. The summed E-state index contributed by atoms with van der Waals surface area (Å²) >= 11 is 0. The Hall–Kier alpha value is -1.53. The van der Waals surface area contributed by atoms with Gasteiger partial charge in [0.15, 0.2) is 18.4 Å². The van der Waals surface area contributed by atoms with Crippen LogP contribution in [-0.4, -0.2) is 140 Å². The van der Waals surface area contributed by atoms with Crippen LogP contribution in [-0.2, 0) is 61.8 Å². The van der Waals surface area contributed by atoms with Gasteiger partial charge in [0.1, 0.15) is 24.4 Å². The lowest BCUT2D eigenvalue weighted by Crippen LogP contribution is -2.59. The second-order valence-corrected chi connectivity index (χ2v) is 19.4. The molecule has 3 saturated heterocycles. The summed E-state index contributed by atoms with van der Waals surface area (Å²) in [5.41, 5.74) is 0.614. The van der Waals surface area contributed by atoms with Gasteiger partial charge < -0.3 is 42.8 Å². The van der Waals surface area contributed by atoms with Crippen molar-refractivity contribution in [3.8, 4) is 0 Å². The zero-order valence-electron chi connectivity index (χ0n) is 35.7. The van der Waals surface area contributed by atoms with E-state index in [9.17, 15) is 18.0 Å². The van der Waals surface area contributed by atoms with Gasteiger partial charge in [-0.05, 0) is 115 Å². The van der Waals surface area contributed by atoms with E-state index in [-0.39, 0.29) is 78.5 Å². The highest BCUT2D eigenvalue weighted by atomic mass is 32.2. The Balaban J connectivity index is 1.28. The van der Waals surface area contributed by atoms with E-state index < -0.39 is 52.8 Å². The Morgan fingerprint density at radius 2 is 1.51 bits per heavy atom. The summed E-state index contributed by atoms with van der Waals surface area (Å²) in [5, 5.41) is 0. The number of rotatable bonds is 11. The number of allylic oxidation sites excluding steroid dienone is 2. The second kappa shape index (κ2) is 19.0. The molecule has 0 bridgehead atoms. The number of nitrogens with zero attached hydrogens (tertiary/aromatic N) is 1. The molecule has 5 fully saturated rings. The highest BCUT2D eigenvalue weighted by Crippen LogP contribution is 2.58. The van der Waals surface area contributed by atoms with Crippen LogP contribution in [0.15, 0.2) is 11.6 Å². The summed E-state index contributed by atoms with van der Waals surface area (Å²) in [6, 6.07) is 0.290. The second-order valence-electron chi connectivity index (χ2n) is 17.8. The summed E-state index contributed by atoms with van der Waals surface area (Å²) in [4.78, 5) is 30.7. The maximum absolute atomic E-state index is 14.9. The monoisotopic (exact) mass is 827 g/mol. The number of methoxy groups -OCH3 is 3. The molecule has 0 aromatic heterocycles. The number of carbonyl (C=O) groups is 2. The van der Waals surface area contributed by atoms with Crippen molar-refractivity contribution < 1.29 is 60.1 Å². The third-order valence-electron chi connectivity index (χ3n) is 14.1. The van der Waals surface area contributed by atoms with E-state index in [0.717, 1.165) is 25.5 Å². The lowest BCUT2D eigenvalue weighted by Gasteiger charge is -2.44. The highest BCUT2D eigenvalue weighted by molar-refractivity contribution is 7.86. The number of cyclic esters (lactones) is 1. The van der Waals surface area contributed by atoms with E-state index in [1.54, 1.807) is 21.3 Å². The van der Waals surface area contributed by atoms with Crippen LogP contribution in [0.4, 0.5) is 0 Å². The average molecular weight is 828 g/mol. The van der Waals surface area contributed by atoms with Crippen LogP contribution in [0, 0.1) is 35.5 Å². The SMILES string of the molecule is CC[C@H]1CCC[C@H](O[C@H]2CC[C@H](N(C)C)C(C)O2)[C@@H](C)C(=O)C2=C[C@@H]3[C@@H](C[C@H](OS(C)(=O)=O)[C@@H]4C[C@@H](O[C@@H]5OC(C)[C@H](OC)C(OC)C5OC)C[C@@H]34)[C@@H]2CC(=O)O1. The van der Waals surface area contributed by atoms with Crippen molar-refractivity contribution in [2.75, 3.05) is 41.7 Å². The maximum atomic E-state index is 14.9. The van der Waals surface area contributed by atoms with Gasteiger partial charge in [0.05, 0.1) is 43.2 Å². The number of ketones is 1. The molecule has 326 valence electrons. The number of likely N-dealkylation sites (N-methyl/N-ethyl adjacent to an activating group) is 1. The number of esters is 1. The van der Waals surface area contributed by atoms with Gasteiger partial charge in [-0.15, -0.1) is 0 Å². The van der Waals surface area contributed by atoms with Crippen molar-refractivity contribution in [3.05, 3.63) is 11.6 Å². The number of fused-ring (bicyclic) bond motifs is 5. The molecule has 18 atom stereocenters. The Morgan fingerprint density at radius 1 is 0.807 bits per heavy atom. The van der Waals surface area contributed by atoms with E-state index in [0.29, 0.717) is 50.1 Å². The summed E-state index contributed by atoms with van der Waals surface area (Å²) in [6.07, 6.45) is 4.62. The Labute approximate surface area is 340 Å². The summed E-state index contributed by atoms with van der Waals surface area (Å²) in [6.45, 7) is 7.95. The van der Waals surface area contributed by atoms with Crippen LogP contribution in [0.5, 0.6) is 0 Å². The van der Waals surface area contributed by atoms with Gasteiger partial charge in [-0.25, -0.2) is 0 Å². The molecular weight excluding hydrogens is 759 g/mol. The average Bonchev–Trinajstić information content (AvgIpc) is 3.73. The zero-order chi connectivity index (χ0) is 41.3. The molecule has 14 nitrogen and oxygen atoms in total. The summed E-state index contributed by atoms with van der Waals surface area (Å²) < 4.78 is 81.0. The molecule has 4 unspecified atom stereocenters. The number of carbonyl (C=O) groups excluding carboxylic acids is 2. The summed E-state index contributed by atoms with van der Waals surface area (Å²) in [5.74, 6) is -1.87. The maximum Gasteiger partial charge on any atom is 0.306 e. The fourth-order valence-electron chi connectivity index (χ4n) is 11.3. The van der Waals surface area contributed by atoms with Crippen molar-refractivity contribution in [3.63, 3.8) is 0 Å². The molecule has 6 rings (SSSR count). The van der Waals surface area contributed by atoms with Crippen LogP contribution in [0.2, 0.25) is 0 Å². The number of ether oxygens (including phenoxy) is 8. The Morgan fingerprint density at radius 3 is 2.14 bits per heavy atom. The number of hydrogen-bond donors (Lipinski definition) is 0. The standard InChI is InChI=1S/C42H69NO13S/c1-11-25-13-12-14-34(55-37-16-15-33(43(5)6)23(3)51-37)22(2)38(45)32-19-28-27-17-26(54-42-41(50-9)40(49-8)39(48-7)24(4)52-42)18-31(27)35(56-57(10,46)47)20-29(28)30(32)21-36(44)53-25/h19,22-31,33-35,37,39-42H,11-18,20-21H2,1-10H3/t22-,23?,24?,25+,26+,27+,28+,29-,30+,31-,33+,34+,35+,37+,39+,40?,41?,42+/m1/s1. The van der Waals surface area contributed by atoms with Crippen molar-refractivity contribution in [2.24, 2.45) is 35.5 Å². The molecule has 0 aromatic carbocycles. The molecule has 57 heavy (non-hydrogen) atoms. The lowest BCUT2D eigenvalue weighted by molar-refractivity contribution is -0.314. The van der Waals surface area contributed by atoms with Gasteiger partial charge in [-0.1, -0.05) is 19.9 Å². The van der Waals surface area contributed by atoms with Crippen molar-refractivity contribution in [1.82, 2.24) is 4.90 Å². The van der Waals surface area contributed by atoms with E-state index in [2.05, 4.69) is 32.0 Å². The predicted octanol–water partition coefficient (Wildman–Crippen LogP) is 4.67. The molecule has 3 heterocycles. The molecule has 0 spiro atoms. The Kier molecular flexibility index (Phi) is 15.0. The van der Waals surface area contributed by atoms with E-state index >= 15 is 0 Å². The minimum atomic E-state index is -3.83. The van der Waals surface area contributed by atoms with Crippen LogP contribution in [0.25, 0.3) is 0 Å². The number of hydrogen-bond acceptors (Lipinski definition) is 14. The van der Waals surface area contributed by atoms with Gasteiger partial charge in [-0.3, -0.25) is 13.8 Å². The topological polar surface area (TPSA) is 155 Å². The first kappa shape index (κ1) is 45.0. The van der Waals surface area contributed by atoms with Crippen LogP contribution >= 0.6 is 0 Å². The smallest absolute Gasteiger partial charge is 0.306 e. The molecule has 3 aliphatic heterocycles. The molecule has 3 aliphatic carbocycles. The Bertz CT molecular complexity index is 1520. The van der Waals surface area contributed by atoms with Gasteiger partial charge >= 0.3 is 5.97 Å². The first-order chi connectivity index (χ1) is 27.1. The van der Waals surface area contributed by atoms with Crippen molar-refractivity contribution >= 4 is 21.9 Å².